The van der Waals surface area contributed by atoms with E-state index >= 15 is 0 Å². The lowest BCUT2D eigenvalue weighted by Crippen LogP contribution is -2.14. The van der Waals surface area contributed by atoms with E-state index in [0.29, 0.717) is 17.3 Å². The Morgan fingerprint density at radius 1 is 1.25 bits per heavy atom. The highest BCUT2D eigenvalue weighted by atomic mass is 32.1. The van der Waals surface area contributed by atoms with E-state index in [0.717, 1.165) is 11.1 Å². The molecule has 0 radical (unpaired) electrons. The van der Waals surface area contributed by atoms with Gasteiger partial charge in [0.25, 0.3) is 0 Å². The van der Waals surface area contributed by atoms with Crippen LogP contribution in [0.25, 0.3) is 6.08 Å². The van der Waals surface area contributed by atoms with Crippen LogP contribution < -0.4 is 5.32 Å². The SMILES string of the molecule is CCOC(=O)c1sc(NC(=O)/C=C/c2ccc(C(C)C)cc2)nc1C(F)(F)F. The molecule has 0 aliphatic carbocycles. The van der Waals surface area contributed by atoms with Crippen LogP contribution in [-0.4, -0.2) is 23.5 Å². The van der Waals surface area contributed by atoms with Crippen molar-refractivity contribution in [3.63, 3.8) is 0 Å². The van der Waals surface area contributed by atoms with Gasteiger partial charge in [-0.2, -0.15) is 13.2 Å². The molecule has 1 aromatic heterocycles. The summed E-state index contributed by atoms with van der Waals surface area (Å²) in [6, 6.07) is 7.54. The van der Waals surface area contributed by atoms with Crippen molar-refractivity contribution in [2.45, 2.75) is 32.9 Å². The molecule has 0 atom stereocenters. The third-order valence-corrected chi connectivity index (χ3v) is 4.57. The summed E-state index contributed by atoms with van der Waals surface area (Å²) in [4.78, 5) is 26.4. The van der Waals surface area contributed by atoms with Gasteiger partial charge in [-0.1, -0.05) is 49.4 Å². The zero-order valence-electron chi connectivity index (χ0n) is 15.5. The molecular formula is C19H19F3N2O3S. The lowest BCUT2D eigenvalue weighted by Gasteiger charge is -2.05. The standard InChI is InChI=1S/C19H19F3N2O3S/c1-4-27-17(26)15-16(19(20,21)22)24-18(28-15)23-14(25)10-7-12-5-8-13(9-6-12)11(2)3/h5-11H,4H2,1-3H3,(H,23,24,25)/b10-7+. The number of amides is 1. The number of rotatable bonds is 6. The van der Waals surface area contributed by atoms with Gasteiger partial charge in [-0.3, -0.25) is 10.1 Å². The molecule has 1 aromatic carbocycles. The van der Waals surface area contributed by atoms with Crippen molar-refractivity contribution in [1.82, 2.24) is 4.98 Å². The third kappa shape index (κ3) is 5.66. The highest BCUT2D eigenvalue weighted by Gasteiger charge is 2.40. The van der Waals surface area contributed by atoms with Gasteiger partial charge in [-0.25, -0.2) is 9.78 Å². The molecule has 0 aliphatic heterocycles. The Kier molecular flexibility index (Phi) is 6.95. The Morgan fingerprint density at radius 3 is 2.43 bits per heavy atom. The number of benzene rings is 1. The first-order valence-corrected chi connectivity index (χ1v) is 9.27. The Bertz CT molecular complexity index is 872. The highest BCUT2D eigenvalue weighted by Crippen LogP contribution is 2.36. The number of anilines is 1. The maximum Gasteiger partial charge on any atom is 0.435 e. The Morgan fingerprint density at radius 2 is 1.89 bits per heavy atom. The number of carbonyl (C=O) groups is 2. The molecule has 2 aromatic rings. The van der Waals surface area contributed by atoms with Gasteiger partial charge in [-0.05, 0) is 30.0 Å². The maximum absolute atomic E-state index is 13.1. The first kappa shape index (κ1) is 21.6. The molecule has 2 rings (SSSR count). The van der Waals surface area contributed by atoms with Crippen molar-refractivity contribution in [2.24, 2.45) is 0 Å². The van der Waals surface area contributed by atoms with Gasteiger partial charge >= 0.3 is 12.1 Å². The molecule has 9 heteroatoms. The average Bonchev–Trinajstić information content (AvgIpc) is 3.05. The molecule has 0 aliphatic rings. The first-order valence-electron chi connectivity index (χ1n) is 8.46. The quantitative estimate of drug-likeness (QED) is 0.529. The number of ether oxygens (including phenoxy) is 1. The number of esters is 1. The van der Waals surface area contributed by atoms with Crippen LogP contribution in [0.15, 0.2) is 30.3 Å². The molecule has 0 bridgehead atoms. The fourth-order valence-corrected chi connectivity index (χ4v) is 3.09. The molecule has 1 amide bonds. The maximum atomic E-state index is 13.1. The Balaban J connectivity index is 2.13. The van der Waals surface area contributed by atoms with Crippen LogP contribution in [-0.2, 0) is 15.7 Å². The van der Waals surface area contributed by atoms with Crippen molar-refractivity contribution in [2.75, 3.05) is 11.9 Å². The van der Waals surface area contributed by atoms with Crippen LogP contribution in [0.5, 0.6) is 0 Å². The fourth-order valence-electron chi connectivity index (χ4n) is 2.21. The van der Waals surface area contributed by atoms with Crippen LogP contribution in [0.1, 0.15) is 53.2 Å². The van der Waals surface area contributed by atoms with Crippen LogP contribution in [0.3, 0.4) is 0 Å². The number of alkyl halides is 3. The van der Waals surface area contributed by atoms with Crippen molar-refractivity contribution in [3.05, 3.63) is 52.0 Å². The van der Waals surface area contributed by atoms with E-state index in [1.54, 1.807) is 0 Å². The van der Waals surface area contributed by atoms with Gasteiger partial charge < -0.3 is 4.74 Å². The Labute approximate surface area is 164 Å². The summed E-state index contributed by atoms with van der Waals surface area (Å²) in [7, 11) is 0. The minimum atomic E-state index is -4.84. The van der Waals surface area contributed by atoms with Crippen LogP contribution >= 0.6 is 11.3 Å². The molecule has 0 spiro atoms. The zero-order valence-corrected chi connectivity index (χ0v) is 16.3. The van der Waals surface area contributed by atoms with Crippen molar-refractivity contribution < 1.29 is 27.5 Å². The van der Waals surface area contributed by atoms with Crippen LogP contribution in [0, 0.1) is 0 Å². The lowest BCUT2D eigenvalue weighted by atomic mass is 10.0. The minimum absolute atomic E-state index is 0.0753. The number of hydrogen-bond donors (Lipinski definition) is 1. The summed E-state index contributed by atoms with van der Waals surface area (Å²) < 4.78 is 43.8. The summed E-state index contributed by atoms with van der Waals surface area (Å²) in [5.74, 6) is -1.41. The van der Waals surface area contributed by atoms with Gasteiger partial charge in [-0.15, -0.1) is 0 Å². The summed E-state index contributed by atoms with van der Waals surface area (Å²) in [6.07, 6.45) is -2.12. The predicted molar refractivity (Wildman–Crippen MR) is 101 cm³/mol. The molecule has 1 N–H and O–H groups in total. The number of nitrogens with zero attached hydrogens (tertiary/aromatic N) is 1. The van der Waals surface area contributed by atoms with E-state index in [1.807, 2.05) is 24.3 Å². The fraction of sp³-hybridized carbons (Fsp3) is 0.316. The summed E-state index contributed by atoms with van der Waals surface area (Å²) in [5, 5.41) is 1.91. The van der Waals surface area contributed by atoms with Gasteiger partial charge in [0.2, 0.25) is 5.91 Å². The van der Waals surface area contributed by atoms with E-state index in [-0.39, 0.29) is 11.7 Å². The number of aromatic nitrogens is 1. The smallest absolute Gasteiger partial charge is 0.435 e. The molecular weight excluding hydrogens is 393 g/mol. The lowest BCUT2D eigenvalue weighted by molar-refractivity contribution is -0.141. The number of nitrogens with one attached hydrogen (secondary N) is 1. The van der Waals surface area contributed by atoms with Gasteiger partial charge in [0.15, 0.2) is 10.8 Å². The van der Waals surface area contributed by atoms with Crippen molar-refractivity contribution in [1.29, 1.82) is 0 Å². The second-order valence-corrected chi connectivity index (χ2v) is 7.06. The van der Waals surface area contributed by atoms with Gasteiger partial charge in [0.1, 0.15) is 4.88 Å². The van der Waals surface area contributed by atoms with Crippen LogP contribution in [0.4, 0.5) is 18.3 Å². The first-order chi connectivity index (χ1) is 13.1. The van der Waals surface area contributed by atoms with E-state index < -0.39 is 28.6 Å². The molecule has 28 heavy (non-hydrogen) atoms. The molecule has 0 unspecified atom stereocenters. The number of hydrogen-bond acceptors (Lipinski definition) is 5. The summed E-state index contributed by atoms with van der Waals surface area (Å²) in [5.41, 5.74) is 0.539. The van der Waals surface area contributed by atoms with E-state index in [9.17, 15) is 22.8 Å². The van der Waals surface area contributed by atoms with E-state index in [1.165, 1.54) is 19.1 Å². The minimum Gasteiger partial charge on any atom is -0.462 e. The highest BCUT2D eigenvalue weighted by molar-refractivity contribution is 7.17. The van der Waals surface area contributed by atoms with Gasteiger partial charge in [0.05, 0.1) is 6.61 Å². The number of halogens is 3. The molecule has 0 fully saturated rings. The topological polar surface area (TPSA) is 68.3 Å². The normalized spacial score (nSPS) is 11.8. The zero-order chi connectivity index (χ0) is 20.9. The number of carbonyl (C=O) groups excluding carboxylic acids is 2. The molecule has 5 nitrogen and oxygen atoms in total. The second kappa shape index (κ2) is 9.01. The van der Waals surface area contributed by atoms with E-state index in [4.69, 9.17) is 0 Å². The second-order valence-electron chi connectivity index (χ2n) is 6.06. The van der Waals surface area contributed by atoms with Crippen LogP contribution in [0.2, 0.25) is 0 Å². The molecule has 150 valence electrons. The molecule has 0 saturated heterocycles. The summed E-state index contributed by atoms with van der Waals surface area (Å²) in [6.45, 7) is 5.53. The van der Waals surface area contributed by atoms with Gasteiger partial charge in [0, 0.05) is 6.08 Å². The largest absolute Gasteiger partial charge is 0.462 e. The average molecular weight is 412 g/mol. The molecule has 0 saturated carbocycles. The van der Waals surface area contributed by atoms with E-state index in [2.05, 4.69) is 28.9 Å². The van der Waals surface area contributed by atoms with Crippen molar-refractivity contribution in [3.8, 4) is 0 Å². The summed E-state index contributed by atoms with van der Waals surface area (Å²) >= 11 is 0.418. The molecule has 1 heterocycles. The Hall–Kier alpha value is -2.68. The predicted octanol–water partition coefficient (Wildman–Crippen LogP) is 5.11. The monoisotopic (exact) mass is 412 g/mol. The van der Waals surface area contributed by atoms with Crippen molar-refractivity contribution >= 4 is 34.4 Å². The number of thiazole rings is 1. The third-order valence-electron chi connectivity index (χ3n) is 3.62.